The molecule has 0 atom stereocenters. The van der Waals surface area contributed by atoms with Gasteiger partial charge in [-0.25, -0.2) is 0 Å². The zero-order valence-electron chi connectivity index (χ0n) is 6.52. The van der Waals surface area contributed by atoms with E-state index in [1.807, 2.05) is 25.2 Å². The molecule has 0 fully saturated rings. The van der Waals surface area contributed by atoms with Crippen LogP contribution in [0.4, 0.5) is 5.69 Å². The van der Waals surface area contributed by atoms with Gasteiger partial charge in [-0.1, -0.05) is 0 Å². The van der Waals surface area contributed by atoms with Gasteiger partial charge in [-0.3, -0.25) is 0 Å². The van der Waals surface area contributed by atoms with Crippen LogP contribution in [0.2, 0.25) is 0 Å². The number of methoxy groups -OCH3 is 1. The fraction of sp³-hybridized carbons (Fsp3) is 0.250. The lowest BCUT2D eigenvalue weighted by atomic mass is 10.3. The molecule has 0 heterocycles. The molecule has 0 amide bonds. The Morgan fingerprint density at radius 3 is 2.73 bits per heavy atom. The number of ether oxygens (including phenoxy) is 1. The number of nitrogens with one attached hydrogen (secondary N) is 1. The predicted molar refractivity (Wildman–Crippen MR) is 50.2 cm³/mol. The number of rotatable bonds is 2. The summed E-state index contributed by atoms with van der Waals surface area (Å²) in [5, 5.41) is 3.04. The van der Waals surface area contributed by atoms with Crippen LogP contribution >= 0.6 is 15.9 Å². The lowest BCUT2D eigenvalue weighted by molar-refractivity contribution is 0.415. The maximum absolute atomic E-state index is 5.05. The van der Waals surface area contributed by atoms with E-state index in [-0.39, 0.29) is 0 Å². The summed E-state index contributed by atoms with van der Waals surface area (Å²) < 4.78 is 6.09. The van der Waals surface area contributed by atoms with E-state index in [0.717, 1.165) is 15.9 Å². The number of anilines is 1. The van der Waals surface area contributed by atoms with Crippen molar-refractivity contribution in [3.63, 3.8) is 0 Å². The monoisotopic (exact) mass is 215 g/mol. The average molecular weight is 216 g/mol. The Hall–Kier alpha value is -0.700. The highest BCUT2D eigenvalue weighted by Gasteiger charge is 1.97. The minimum atomic E-state index is 0.859. The number of hydrogen-bond donors (Lipinski definition) is 1. The van der Waals surface area contributed by atoms with Crippen LogP contribution in [0.1, 0.15) is 0 Å². The van der Waals surface area contributed by atoms with E-state index in [0.29, 0.717) is 0 Å². The fourth-order valence-corrected chi connectivity index (χ4v) is 1.27. The van der Waals surface area contributed by atoms with Crippen LogP contribution in [0.25, 0.3) is 0 Å². The van der Waals surface area contributed by atoms with Crippen LogP contribution in [-0.4, -0.2) is 14.2 Å². The van der Waals surface area contributed by atoms with Crippen molar-refractivity contribution in [1.29, 1.82) is 0 Å². The first-order valence-corrected chi connectivity index (χ1v) is 4.08. The molecule has 0 spiro atoms. The SMILES string of the molecule is CNc1cc(OC)ccc1Br. The van der Waals surface area contributed by atoms with Crippen LogP contribution in [0.15, 0.2) is 22.7 Å². The molecule has 0 aliphatic carbocycles. The van der Waals surface area contributed by atoms with Gasteiger partial charge < -0.3 is 10.1 Å². The van der Waals surface area contributed by atoms with Crippen LogP contribution in [0.5, 0.6) is 5.75 Å². The van der Waals surface area contributed by atoms with Crippen molar-refractivity contribution in [2.75, 3.05) is 19.5 Å². The van der Waals surface area contributed by atoms with E-state index < -0.39 is 0 Å². The molecular weight excluding hydrogens is 206 g/mol. The largest absolute Gasteiger partial charge is 0.497 e. The van der Waals surface area contributed by atoms with Gasteiger partial charge in [-0.05, 0) is 28.1 Å². The third-order valence-electron chi connectivity index (χ3n) is 1.44. The standard InChI is InChI=1S/C8H10BrNO/c1-10-8-5-6(11-2)3-4-7(8)9/h3-5,10H,1-2H3. The molecular formula is C8H10BrNO. The third-order valence-corrected chi connectivity index (χ3v) is 2.13. The first-order valence-electron chi connectivity index (χ1n) is 3.29. The van der Waals surface area contributed by atoms with Crippen molar-refractivity contribution >= 4 is 21.6 Å². The molecule has 60 valence electrons. The van der Waals surface area contributed by atoms with Crippen LogP contribution in [0, 0.1) is 0 Å². The molecule has 11 heavy (non-hydrogen) atoms. The Morgan fingerprint density at radius 1 is 1.45 bits per heavy atom. The van der Waals surface area contributed by atoms with E-state index in [1.165, 1.54) is 0 Å². The van der Waals surface area contributed by atoms with Gasteiger partial charge in [0.2, 0.25) is 0 Å². The summed E-state index contributed by atoms with van der Waals surface area (Å²) in [6, 6.07) is 5.79. The molecule has 1 aromatic carbocycles. The van der Waals surface area contributed by atoms with E-state index in [9.17, 15) is 0 Å². The molecule has 0 aromatic heterocycles. The van der Waals surface area contributed by atoms with Crippen LogP contribution < -0.4 is 10.1 Å². The molecule has 1 N–H and O–H groups in total. The zero-order valence-corrected chi connectivity index (χ0v) is 8.10. The summed E-state index contributed by atoms with van der Waals surface area (Å²) >= 11 is 3.40. The average Bonchev–Trinajstić information content (AvgIpc) is 2.05. The molecule has 0 bridgehead atoms. The smallest absolute Gasteiger partial charge is 0.121 e. The summed E-state index contributed by atoms with van der Waals surface area (Å²) in [6.07, 6.45) is 0. The minimum absolute atomic E-state index is 0.859. The van der Waals surface area contributed by atoms with E-state index >= 15 is 0 Å². The first kappa shape index (κ1) is 8.40. The zero-order chi connectivity index (χ0) is 8.27. The molecule has 0 unspecified atom stereocenters. The molecule has 3 heteroatoms. The summed E-state index contributed by atoms with van der Waals surface area (Å²) in [4.78, 5) is 0. The van der Waals surface area contributed by atoms with Crippen molar-refractivity contribution in [2.45, 2.75) is 0 Å². The molecule has 0 aliphatic rings. The quantitative estimate of drug-likeness (QED) is 0.819. The second kappa shape index (κ2) is 3.62. The number of benzene rings is 1. The lowest BCUT2D eigenvalue weighted by Gasteiger charge is -2.05. The van der Waals surface area contributed by atoms with E-state index in [2.05, 4.69) is 21.2 Å². The van der Waals surface area contributed by atoms with Crippen molar-refractivity contribution in [2.24, 2.45) is 0 Å². The molecule has 0 aliphatic heterocycles. The first-order chi connectivity index (χ1) is 5.27. The Labute approximate surface area is 74.7 Å². The highest BCUT2D eigenvalue weighted by atomic mass is 79.9. The van der Waals surface area contributed by atoms with E-state index in [1.54, 1.807) is 7.11 Å². The van der Waals surface area contributed by atoms with Crippen LogP contribution in [-0.2, 0) is 0 Å². The Kier molecular flexibility index (Phi) is 2.76. The topological polar surface area (TPSA) is 21.3 Å². The van der Waals surface area contributed by atoms with Gasteiger partial charge in [0.1, 0.15) is 5.75 Å². The Balaban J connectivity index is 3.02. The Morgan fingerprint density at radius 2 is 2.18 bits per heavy atom. The number of hydrogen-bond acceptors (Lipinski definition) is 2. The maximum atomic E-state index is 5.05. The predicted octanol–water partition coefficient (Wildman–Crippen LogP) is 2.50. The summed E-state index contributed by atoms with van der Waals surface area (Å²) in [5.74, 6) is 0.859. The molecule has 0 saturated carbocycles. The minimum Gasteiger partial charge on any atom is -0.497 e. The molecule has 1 aromatic rings. The number of halogens is 1. The van der Waals surface area contributed by atoms with Gasteiger partial charge in [-0.15, -0.1) is 0 Å². The van der Waals surface area contributed by atoms with Gasteiger partial charge in [0.05, 0.1) is 12.8 Å². The third kappa shape index (κ3) is 1.87. The molecule has 0 saturated heterocycles. The molecule has 2 nitrogen and oxygen atoms in total. The highest BCUT2D eigenvalue weighted by Crippen LogP contribution is 2.26. The Bertz CT molecular complexity index is 250. The van der Waals surface area contributed by atoms with Gasteiger partial charge in [0, 0.05) is 17.6 Å². The van der Waals surface area contributed by atoms with Gasteiger partial charge in [0.15, 0.2) is 0 Å². The fourth-order valence-electron chi connectivity index (χ4n) is 0.823. The normalized spacial score (nSPS) is 9.36. The second-order valence-corrected chi connectivity index (χ2v) is 2.95. The maximum Gasteiger partial charge on any atom is 0.121 e. The molecule has 1 rings (SSSR count). The van der Waals surface area contributed by atoms with Crippen molar-refractivity contribution in [3.8, 4) is 5.75 Å². The molecule has 0 radical (unpaired) electrons. The highest BCUT2D eigenvalue weighted by molar-refractivity contribution is 9.10. The second-order valence-electron chi connectivity index (χ2n) is 2.10. The van der Waals surface area contributed by atoms with E-state index in [4.69, 9.17) is 4.74 Å². The van der Waals surface area contributed by atoms with Gasteiger partial charge in [-0.2, -0.15) is 0 Å². The summed E-state index contributed by atoms with van der Waals surface area (Å²) in [7, 11) is 3.53. The summed E-state index contributed by atoms with van der Waals surface area (Å²) in [6.45, 7) is 0. The lowest BCUT2D eigenvalue weighted by Crippen LogP contribution is -1.90. The van der Waals surface area contributed by atoms with Crippen molar-refractivity contribution < 1.29 is 4.74 Å². The van der Waals surface area contributed by atoms with Crippen molar-refractivity contribution in [1.82, 2.24) is 0 Å². The van der Waals surface area contributed by atoms with Gasteiger partial charge in [0.25, 0.3) is 0 Å². The van der Waals surface area contributed by atoms with Crippen LogP contribution in [0.3, 0.4) is 0 Å². The van der Waals surface area contributed by atoms with Gasteiger partial charge >= 0.3 is 0 Å². The van der Waals surface area contributed by atoms with Crippen molar-refractivity contribution in [3.05, 3.63) is 22.7 Å². The summed E-state index contributed by atoms with van der Waals surface area (Å²) in [5.41, 5.74) is 1.03.